The summed E-state index contributed by atoms with van der Waals surface area (Å²) < 4.78 is 47.0. The SMILES string of the molecule is [2H]C([2H])([2H])OC[C@]12C[C@H]1[C@@](C)(c1cc(Nc3nccc4nc(OCC#C)cnc34)cnc1F)N=C(N)S2. The lowest BCUT2D eigenvalue weighted by molar-refractivity contribution is 0.184. The molecule has 0 bridgehead atoms. The quantitative estimate of drug-likeness (QED) is 0.387. The number of fused-ring (bicyclic) bond motifs is 2. The molecular weight excluding hydrogens is 457 g/mol. The van der Waals surface area contributed by atoms with E-state index in [1.165, 1.54) is 24.2 Å². The van der Waals surface area contributed by atoms with E-state index >= 15 is 4.39 Å². The third-order valence-electron chi connectivity index (χ3n) is 6.06. The van der Waals surface area contributed by atoms with E-state index in [4.69, 9.17) is 25.7 Å². The number of pyridine rings is 2. The van der Waals surface area contributed by atoms with Crippen molar-refractivity contribution in [2.75, 3.05) is 25.6 Å². The lowest BCUT2D eigenvalue weighted by Gasteiger charge is -2.33. The highest BCUT2D eigenvalue weighted by molar-refractivity contribution is 8.15. The number of thioether (sulfide) groups is 1. The fraction of sp³-hybridized carbons (Fsp3) is 0.348. The minimum absolute atomic E-state index is 0.0523. The standard InChI is InChI=1S/C23H22FN7O2S/c1-4-7-33-17-11-27-18-15(30-17)5-6-26-20(18)29-13-8-14(19(24)28-10-13)22(2)16-9-23(16,12-32-3)34-21(25)31-22/h1,5-6,8,10-11,16H,7,9,12H2,2-3H3,(H2,25,31)(H,26,29)/t16-,22+,23+/m0/s1/i3D3. The van der Waals surface area contributed by atoms with Gasteiger partial charge >= 0.3 is 0 Å². The van der Waals surface area contributed by atoms with Gasteiger partial charge in [-0.2, -0.15) is 4.39 Å². The van der Waals surface area contributed by atoms with Crippen LogP contribution in [0, 0.1) is 24.2 Å². The number of anilines is 2. The molecule has 5 rings (SSSR count). The molecule has 0 unspecified atom stereocenters. The molecule has 0 spiro atoms. The number of aliphatic imine (C=N–C) groups is 1. The maximum Gasteiger partial charge on any atom is 0.233 e. The number of halogens is 1. The zero-order chi connectivity index (χ0) is 26.4. The number of aromatic nitrogens is 4. The van der Waals surface area contributed by atoms with E-state index in [1.807, 2.05) is 0 Å². The van der Waals surface area contributed by atoms with Crippen molar-refractivity contribution in [3.05, 3.63) is 42.2 Å². The molecular formula is C23H22FN7O2S. The third-order valence-corrected chi connectivity index (χ3v) is 7.33. The van der Waals surface area contributed by atoms with E-state index < -0.39 is 23.3 Å². The number of nitrogens with zero attached hydrogens (tertiary/aromatic N) is 5. The van der Waals surface area contributed by atoms with Gasteiger partial charge in [0.25, 0.3) is 0 Å². The van der Waals surface area contributed by atoms with Gasteiger partial charge in [0.05, 0.1) is 44.6 Å². The number of nitrogens with two attached hydrogens (primary N) is 1. The summed E-state index contributed by atoms with van der Waals surface area (Å²) in [7, 11) is -2.54. The molecule has 3 atom stereocenters. The fourth-order valence-electron chi connectivity index (χ4n) is 4.42. The van der Waals surface area contributed by atoms with Gasteiger partial charge < -0.3 is 20.5 Å². The second-order valence-electron chi connectivity index (χ2n) is 8.23. The first-order valence-electron chi connectivity index (χ1n) is 11.8. The van der Waals surface area contributed by atoms with Gasteiger partial charge in [0.2, 0.25) is 11.8 Å². The number of hydrogen-bond acceptors (Lipinski definition) is 10. The largest absolute Gasteiger partial charge is 0.463 e. The number of nitrogens with one attached hydrogen (secondary N) is 1. The maximum atomic E-state index is 15.1. The van der Waals surface area contributed by atoms with Crippen LogP contribution in [-0.2, 0) is 10.3 Å². The van der Waals surface area contributed by atoms with Crippen LogP contribution >= 0.6 is 11.8 Å². The predicted octanol–water partition coefficient (Wildman–Crippen LogP) is 3.00. The molecule has 174 valence electrons. The van der Waals surface area contributed by atoms with Gasteiger partial charge in [0.1, 0.15) is 5.52 Å². The van der Waals surface area contributed by atoms with E-state index in [1.54, 1.807) is 25.3 Å². The summed E-state index contributed by atoms with van der Waals surface area (Å²) in [4.78, 5) is 21.6. The summed E-state index contributed by atoms with van der Waals surface area (Å²) in [5.41, 5.74) is 6.70. The number of ether oxygens (including phenoxy) is 2. The van der Waals surface area contributed by atoms with Crippen molar-refractivity contribution in [1.82, 2.24) is 19.9 Å². The van der Waals surface area contributed by atoms with E-state index in [-0.39, 0.29) is 35.7 Å². The van der Waals surface area contributed by atoms with Gasteiger partial charge in [-0.15, -0.1) is 6.42 Å². The first kappa shape index (κ1) is 18.9. The highest BCUT2D eigenvalue weighted by atomic mass is 32.2. The molecule has 0 radical (unpaired) electrons. The summed E-state index contributed by atoms with van der Waals surface area (Å²) >= 11 is 1.27. The number of hydrogen-bond donors (Lipinski definition) is 2. The molecule has 3 aromatic rings. The lowest BCUT2D eigenvalue weighted by atomic mass is 9.86. The normalized spacial score (nSPS) is 26.9. The van der Waals surface area contributed by atoms with Crippen LogP contribution in [0.1, 0.15) is 23.0 Å². The molecule has 2 aliphatic rings. The monoisotopic (exact) mass is 482 g/mol. The minimum Gasteiger partial charge on any atom is -0.463 e. The van der Waals surface area contributed by atoms with Crippen LogP contribution in [0.3, 0.4) is 0 Å². The van der Waals surface area contributed by atoms with Crippen LogP contribution in [0.5, 0.6) is 5.88 Å². The smallest absolute Gasteiger partial charge is 0.233 e. The van der Waals surface area contributed by atoms with Crippen molar-refractivity contribution in [2.24, 2.45) is 16.6 Å². The lowest BCUT2D eigenvalue weighted by Crippen LogP contribution is -2.37. The number of terminal acetylenes is 1. The Bertz CT molecular complexity index is 1450. The Hall–Kier alpha value is -3.49. The highest BCUT2D eigenvalue weighted by Crippen LogP contribution is 2.65. The van der Waals surface area contributed by atoms with E-state index in [9.17, 15) is 0 Å². The topological polar surface area (TPSA) is 120 Å². The van der Waals surface area contributed by atoms with Crippen LogP contribution in [0.2, 0.25) is 0 Å². The third kappa shape index (κ3) is 3.78. The van der Waals surface area contributed by atoms with Crippen LogP contribution in [0.25, 0.3) is 11.0 Å². The van der Waals surface area contributed by atoms with Crippen LogP contribution < -0.4 is 15.8 Å². The zero-order valence-corrected chi connectivity index (χ0v) is 18.9. The Kier molecular flexibility index (Phi) is 4.65. The Balaban J connectivity index is 1.45. The molecule has 3 aromatic heterocycles. The molecule has 0 aromatic carbocycles. The highest BCUT2D eigenvalue weighted by Gasteiger charge is 2.66. The Labute approximate surface area is 204 Å². The Morgan fingerprint density at radius 2 is 2.29 bits per heavy atom. The molecule has 1 saturated carbocycles. The summed E-state index contributed by atoms with van der Waals surface area (Å²) in [6.45, 7) is 1.78. The molecule has 1 aliphatic heterocycles. The fourth-order valence-corrected chi connectivity index (χ4v) is 5.81. The van der Waals surface area contributed by atoms with Gasteiger partial charge in [0.15, 0.2) is 17.6 Å². The van der Waals surface area contributed by atoms with Gasteiger partial charge in [-0.1, -0.05) is 17.7 Å². The van der Waals surface area contributed by atoms with Crippen molar-refractivity contribution in [2.45, 2.75) is 23.6 Å². The molecule has 4 heterocycles. The molecule has 3 N–H and O–H groups in total. The molecule has 9 nitrogen and oxygen atoms in total. The molecule has 0 amide bonds. The molecule has 11 heteroatoms. The van der Waals surface area contributed by atoms with Crippen molar-refractivity contribution in [1.29, 1.82) is 0 Å². The van der Waals surface area contributed by atoms with Crippen LogP contribution in [-0.4, -0.2) is 50.1 Å². The summed E-state index contributed by atoms with van der Waals surface area (Å²) in [6, 6.07) is 3.28. The number of amidine groups is 1. The van der Waals surface area contributed by atoms with E-state index in [0.717, 1.165) is 0 Å². The molecule has 1 aliphatic carbocycles. The van der Waals surface area contributed by atoms with E-state index in [0.29, 0.717) is 29.0 Å². The van der Waals surface area contributed by atoms with Gasteiger partial charge in [0, 0.05) is 24.7 Å². The number of rotatable bonds is 7. The molecule has 1 fully saturated rings. The second kappa shape index (κ2) is 8.38. The van der Waals surface area contributed by atoms with Gasteiger partial charge in [-0.3, -0.25) is 4.99 Å². The Morgan fingerprint density at radius 1 is 1.41 bits per heavy atom. The zero-order valence-electron chi connectivity index (χ0n) is 21.1. The van der Waals surface area contributed by atoms with E-state index in [2.05, 4.69) is 36.2 Å². The van der Waals surface area contributed by atoms with Crippen molar-refractivity contribution in [3.8, 4) is 18.2 Å². The van der Waals surface area contributed by atoms with Crippen molar-refractivity contribution < 1.29 is 18.0 Å². The first-order chi connectivity index (χ1) is 17.5. The van der Waals surface area contributed by atoms with Gasteiger partial charge in [-0.25, -0.2) is 19.9 Å². The average molecular weight is 483 g/mol. The summed E-state index contributed by atoms with van der Waals surface area (Å²) in [6.07, 6.45) is 10.1. The number of methoxy groups -OCH3 is 1. The summed E-state index contributed by atoms with van der Waals surface area (Å²) in [5, 5.41) is 3.36. The first-order valence-corrected chi connectivity index (χ1v) is 11.1. The maximum absolute atomic E-state index is 15.1. The average Bonchev–Trinajstić information content (AvgIpc) is 3.58. The van der Waals surface area contributed by atoms with Crippen LogP contribution in [0.4, 0.5) is 15.9 Å². The van der Waals surface area contributed by atoms with Gasteiger partial charge in [-0.05, 0) is 25.5 Å². The summed E-state index contributed by atoms with van der Waals surface area (Å²) in [5.74, 6) is 2.13. The predicted molar refractivity (Wildman–Crippen MR) is 128 cm³/mol. The van der Waals surface area contributed by atoms with Crippen molar-refractivity contribution in [3.63, 3.8) is 0 Å². The Morgan fingerprint density at radius 3 is 3.12 bits per heavy atom. The van der Waals surface area contributed by atoms with Crippen LogP contribution in [0.15, 0.2) is 35.7 Å². The molecule has 34 heavy (non-hydrogen) atoms. The minimum atomic E-state index is -2.54. The second-order valence-corrected chi connectivity index (χ2v) is 9.66. The molecule has 0 saturated heterocycles. The van der Waals surface area contributed by atoms with Crippen molar-refractivity contribution >= 4 is 39.5 Å².